The van der Waals surface area contributed by atoms with E-state index in [2.05, 4.69) is 21.7 Å². The molecule has 26 heavy (non-hydrogen) atoms. The van der Waals surface area contributed by atoms with Crippen molar-refractivity contribution in [2.75, 3.05) is 17.2 Å². The quantitative estimate of drug-likeness (QED) is 0.600. The second-order valence-corrected chi connectivity index (χ2v) is 7.09. The summed E-state index contributed by atoms with van der Waals surface area (Å²) in [5.74, 6) is -0.277. The molecule has 1 amide bonds. The Morgan fingerprint density at radius 1 is 1.19 bits per heavy atom. The number of nitrogens with zero attached hydrogens (tertiary/aromatic N) is 1. The molecule has 1 heterocycles. The standard InChI is InChI=1S/C20H21Cl2N3O/c21-17-7-4-8-18(19(17)22)25-20(26)15-11-16(13-23-12-15)24-10-9-14-5-2-1-3-6-14/h4-5,7-8,11-13,24H,1-3,6,9-10H2,(H,25,26). The molecule has 1 aliphatic rings. The third-order valence-electron chi connectivity index (χ3n) is 4.36. The molecule has 4 nitrogen and oxygen atoms in total. The van der Waals surface area contributed by atoms with Crippen molar-refractivity contribution in [3.05, 3.63) is 63.9 Å². The van der Waals surface area contributed by atoms with E-state index in [1.165, 1.54) is 37.5 Å². The van der Waals surface area contributed by atoms with Gasteiger partial charge in [-0.3, -0.25) is 9.78 Å². The predicted octanol–water partition coefficient (Wildman–Crippen LogP) is 5.94. The smallest absolute Gasteiger partial charge is 0.257 e. The number of anilines is 2. The largest absolute Gasteiger partial charge is 0.383 e. The molecule has 0 fully saturated rings. The Labute approximate surface area is 163 Å². The number of carbonyl (C=O) groups is 1. The molecule has 3 rings (SSSR count). The third kappa shape index (κ3) is 4.99. The van der Waals surface area contributed by atoms with Crippen molar-refractivity contribution in [1.29, 1.82) is 0 Å². The van der Waals surface area contributed by atoms with Gasteiger partial charge in [0, 0.05) is 18.9 Å². The number of hydrogen-bond donors (Lipinski definition) is 2. The van der Waals surface area contributed by atoms with Crippen LogP contribution in [0.4, 0.5) is 11.4 Å². The zero-order valence-corrected chi connectivity index (χ0v) is 15.9. The van der Waals surface area contributed by atoms with Crippen LogP contribution in [-0.4, -0.2) is 17.4 Å². The molecule has 0 saturated heterocycles. The van der Waals surface area contributed by atoms with Crippen LogP contribution in [0.15, 0.2) is 48.3 Å². The van der Waals surface area contributed by atoms with Crippen LogP contribution in [-0.2, 0) is 0 Å². The van der Waals surface area contributed by atoms with Gasteiger partial charge in [-0.25, -0.2) is 0 Å². The molecule has 6 heteroatoms. The minimum Gasteiger partial charge on any atom is -0.383 e. The lowest BCUT2D eigenvalue weighted by molar-refractivity contribution is 0.102. The number of rotatable bonds is 6. The molecule has 136 valence electrons. The van der Waals surface area contributed by atoms with Crippen molar-refractivity contribution in [3.8, 4) is 0 Å². The molecule has 2 aromatic rings. The molecule has 2 N–H and O–H groups in total. The van der Waals surface area contributed by atoms with Crippen LogP contribution in [0, 0.1) is 0 Å². The fourth-order valence-corrected chi connectivity index (χ4v) is 3.30. The number of aromatic nitrogens is 1. The summed E-state index contributed by atoms with van der Waals surface area (Å²) in [5, 5.41) is 6.83. The zero-order valence-electron chi connectivity index (χ0n) is 14.4. The van der Waals surface area contributed by atoms with Gasteiger partial charge in [-0.15, -0.1) is 0 Å². The number of pyridine rings is 1. The van der Waals surface area contributed by atoms with E-state index in [9.17, 15) is 4.79 Å². The van der Waals surface area contributed by atoms with Crippen molar-refractivity contribution in [1.82, 2.24) is 4.98 Å². The maximum atomic E-state index is 12.5. The number of amides is 1. The molecule has 0 aliphatic heterocycles. The van der Waals surface area contributed by atoms with Gasteiger partial charge >= 0.3 is 0 Å². The highest BCUT2D eigenvalue weighted by Crippen LogP contribution is 2.30. The van der Waals surface area contributed by atoms with E-state index in [1.807, 2.05) is 0 Å². The molecular formula is C20H21Cl2N3O. The Hall–Kier alpha value is -2.04. The van der Waals surface area contributed by atoms with Gasteiger partial charge in [0.1, 0.15) is 0 Å². The molecule has 0 atom stereocenters. The van der Waals surface area contributed by atoms with Crippen LogP contribution < -0.4 is 10.6 Å². The molecule has 0 spiro atoms. The normalized spacial score (nSPS) is 13.8. The average molecular weight is 390 g/mol. The molecular weight excluding hydrogens is 369 g/mol. The second-order valence-electron chi connectivity index (χ2n) is 6.30. The highest BCUT2D eigenvalue weighted by atomic mass is 35.5. The molecule has 1 aromatic heterocycles. The molecule has 1 aromatic carbocycles. The summed E-state index contributed by atoms with van der Waals surface area (Å²) in [7, 11) is 0. The molecule has 0 bridgehead atoms. The van der Waals surface area contributed by atoms with Crippen LogP contribution in [0.1, 0.15) is 42.5 Å². The number of hydrogen-bond acceptors (Lipinski definition) is 3. The molecule has 1 aliphatic carbocycles. The van der Waals surface area contributed by atoms with Gasteiger partial charge in [0.05, 0.1) is 27.0 Å². The zero-order chi connectivity index (χ0) is 18.4. The van der Waals surface area contributed by atoms with Gasteiger partial charge < -0.3 is 10.6 Å². The molecule has 0 radical (unpaired) electrons. The van der Waals surface area contributed by atoms with Crippen LogP contribution in [0.3, 0.4) is 0 Å². The predicted molar refractivity (Wildman–Crippen MR) is 108 cm³/mol. The Morgan fingerprint density at radius 2 is 2.08 bits per heavy atom. The van der Waals surface area contributed by atoms with Gasteiger partial charge in [0.15, 0.2) is 0 Å². The highest BCUT2D eigenvalue weighted by Gasteiger charge is 2.11. The Morgan fingerprint density at radius 3 is 2.88 bits per heavy atom. The summed E-state index contributed by atoms with van der Waals surface area (Å²) in [6.45, 7) is 0.832. The van der Waals surface area contributed by atoms with Crippen LogP contribution >= 0.6 is 23.2 Å². The summed E-state index contributed by atoms with van der Waals surface area (Å²) in [5.41, 5.74) is 3.28. The van der Waals surface area contributed by atoms with E-state index in [0.717, 1.165) is 18.7 Å². The lowest BCUT2D eigenvalue weighted by Gasteiger charge is -2.13. The Kier molecular flexibility index (Phi) is 6.53. The van der Waals surface area contributed by atoms with Crippen LogP contribution in [0.25, 0.3) is 0 Å². The first-order valence-electron chi connectivity index (χ1n) is 8.75. The van der Waals surface area contributed by atoms with E-state index < -0.39 is 0 Å². The number of benzene rings is 1. The van der Waals surface area contributed by atoms with Gasteiger partial charge in [-0.2, -0.15) is 0 Å². The van der Waals surface area contributed by atoms with Crippen molar-refractivity contribution in [2.45, 2.75) is 32.1 Å². The first kappa shape index (κ1) is 18.7. The van der Waals surface area contributed by atoms with E-state index in [0.29, 0.717) is 21.3 Å². The Balaban J connectivity index is 1.60. The average Bonchev–Trinajstić information content (AvgIpc) is 2.66. The van der Waals surface area contributed by atoms with E-state index in [-0.39, 0.29) is 5.91 Å². The van der Waals surface area contributed by atoms with E-state index in [1.54, 1.807) is 30.5 Å². The first-order chi connectivity index (χ1) is 12.6. The fraction of sp³-hybridized carbons (Fsp3) is 0.300. The SMILES string of the molecule is O=C(Nc1cccc(Cl)c1Cl)c1cncc(NCCC2=CCCCC2)c1. The topological polar surface area (TPSA) is 54.0 Å². The number of carbonyl (C=O) groups excluding carboxylic acids is 1. The van der Waals surface area contributed by atoms with Crippen LogP contribution in [0.2, 0.25) is 10.0 Å². The summed E-state index contributed by atoms with van der Waals surface area (Å²) < 4.78 is 0. The highest BCUT2D eigenvalue weighted by molar-refractivity contribution is 6.44. The Bertz CT molecular complexity index is 820. The minimum atomic E-state index is -0.277. The van der Waals surface area contributed by atoms with Crippen molar-refractivity contribution in [2.24, 2.45) is 0 Å². The van der Waals surface area contributed by atoms with Crippen molar-refractivity contribution < 1.29 is 4.79 Å². The third-order valence-corrected chi connectivity index (χ3v) is 5.18. The van der Waals surface area contributed by atoms with E-state index >= 15 is 0 Å². The number of halogens is 2. The summed E-state index contributed by atoms with van der Waals surface area (Å²) in [6, 6.07) is 6.91. The molecule has 0 saturated carbocycles. The van der Waals surface area contributed by atoms with Crippen molar-refractivity contribution in [3.63, 3.8) is 0 Å². The summed E-state index contributed by atoms with van der Waals surface area (Å²) in [4.78, 5) is 16.6. The first-order valence-corrected chi connectivity index (χ1v) is 9.51. The van der Waals surface area contributed by atoms with Gasteiger partial charge in [-0.05, 0) is 50.3 Å². The second kappa shape index (κ2) is 9.06. The maximum absolute atomic E-state index is 12.5. The lowest BCUT2D eigenvalue weighted by Crippen LogP contribution is -2.13. The summed E-state index contributed by atoms with van der Waals surface area (Å²) in [6.07, 6.45) is 11.6. The monoisotopic (exact) mass is 389 g/mol. The van der Waals surface area contributed by atoms with Gasteiger partial charge in [0.2, 0.25) is 0 Å². The molecule has 0 unspecified atom stereocenters. The minimum absolute atomic E-state index is 0.277. The van der Waals surface area contributed by atoms with Crippen molar-refractivity contribution >= 4 is 40.5 Å². The lowest BCUT2D eigenvalue weighted by atomic mass is 9.97. The fourth-order valence-electron chi connectivity index (χ4n) is 2.95. The maximum Gasteiger partial charge on any atom is 0.257 e. The number of allylic oxidation sites excluding steroid dienone is 1. The van der Waals surface area contributed by atoms with Crippen LogP contribution in [0.5, 0.6) is 0 Å². The van der Waals surface area contributed by atoms with Gasteiger partial charge in [-0.1, -0.05) is 40.9 Å². The number of nitrogens with one attached hydrogen (secondary N) is 2. The van der Waals surface area contributed by atoms with E-state index in [4.69, 9.17) is 23.2 Å². The summed E-state index contributed by atoms with van der Waals surface area (Å²) >= 11 is 12.1. The van der Waals surface area contributed by atoms with Gasteiger partial charge in [0.25, 0.3) is 5.91 Å².